The number of halogens is 2. The zero-order valence-electron chi connectivity index (χ0n) is 23.5. The molecule has 6 atom stereocenters. The number of ether oxygens (including phenoxy) is 1. The number of hydrogen-bond acceptors (Lipinski definition) is 5. The molecule has 0 spiro atoms. The zero-order chi connectivity index (χ0) is 28.5. The summed E-state index contributed by atoms with van der Waals surface area (Å²) in [6, 6.07) is 7.91. The van der Waals surface area contributed by atoms with E-state index in [-0.39, 0.29) is 53.2 Å². The van der Waals surface area contributed by atoms with Gasteiger partial charge in [-0.05, 0) is 68.1 Å². The van der Waals surface area contributed by atoms with E-state index in [1.165, 1.54) is 0 Å². The van der Waals surface area contributed by atoms with Gasteiger partial charge in [-0.1, -0.05) is 24.6 Å². The van der Waals surface area contributed by atoms with E-state index in [1.54, 1.807) is 6.08 Å². The van der Waals surface area contributed by atoms with Crippen molar-refractivity contribution in [2.75, 3.05) is 29.7 Å². The third kappa shape index (κ3) is 5.87. The maximum Gasteiger partial charge on any atom is 0.310 e. The summed E-state index contributed by atoms with van der Waals surface area (Å²) in [7, 11) is 0. The normalized spacial score (nSPS) is 33.2. The second-order valence-corrected chi connectivity index (χ2v) is 13.2. The number of amides is 2. The maximum absolute atomic E-state index is 13.1. The van der Waals surface area contributed by atoms with E-state index in [1.807, 2.05) is 24.3 Å². The number of benzene rings is 1. The Labute approximate surface area is 247 Å². The molecule has 9 heteroatoms. The first-order valence-electron chi connectivity index (χ1n) is 14.6. The Hall–Kier alpha value is -2.25. The van der Waals surface area contributed by atoms with Crippen LogP contribution in [0.4, 0.5) is 5.69 Å². The molecule has 2 saturated carbocycles. The fraction of sp³-hybridized carbons (Fsp3) is 0.645. The molecule has 5 rings (SSSR count). The number of nitrogens with one attached hydrogen (secondary N) is 2. The van der Waals surface area contributed by atoms with Gasteiger partial charge in [0.05, 0.1) is 6.42 Å². The molecule has 0 unspecified atom stereocenters. The zero-order valence-corrected chi connectivity index (χ0v) is 25.0. The number of anilines is 1. The standard InChI is InChI=1S/C31H41Cl2N3O4/c1-30-11-9-23(40-28(39)17-20-3-5-22(6-4-20)36(15-13-32)16-14-33)18-21(30)19-27(38)34-29-24(30)10-12-31(2)25(29)7-8-26(37)35-31/h3-6,19,23-25,29H,7-18H2,1-2H3,(H,34,38)(H,35,37)/t23-,24-,25-,29+,30-,31-/m0/s1. The third-order valence-corrected chi connectivity index (χ3v) is 10.4. The van der Waals surface area contributed by atoms with Crippen LogP contribution < -0.4 is 15.5 Å². The summed E-state index contributed by atoms with van der Waals surface area (Å²) in [5.74, 6) is 1.34. The lowest BCUT2D eigenvalue weighted by Crippen LogP contribution is -2.66. The van der Waals surface area contributed by atoms with E-state index in [2.05, 4.69) is 29.4 Å². The first-order valence-corrected chi connectivity index (χ1v) is 15.7. The van der Waals surface area contributed by atoms with Gasteiger partial charge in [-0.15, -0.1) is 23.2 Å². The fourth-order valence-corrected chi connectivity index (χ4v) is 8.25. The second-order valence-electron chi connectivity index (χ2n) is 12.4. The number of hydrogen-bond donors (Lipinski definition) is 2. The van der Waals surface area contributed by atoms with Crippen LogP contribution in [0.1, 0.15) is 64.4 Å². The van der Waals surface area contributed by atoms with Gasteiger partial charge >= 0.3 is 5.97 Å². The minimum atomic E-state index is -0.276. The Kier molecular flexibility index (Phi) is 8.72. The van der Waals surface area contributed by atoms with Crippen molar-refractivity contribution in [2.45, 2.75) is 82.9 Å². The van der Waals surface area contributed by atoms with Crippen LogP contribution in [0.5, 0.6) is 0 Å². The maximum atomic E-state index is 13.1. The van der Waals surface area contributed by atoms with Crippen LogP contribution in [-0.4, -0.2) is 60.3 Å². The van der Waals surface area contributed by atoms with E-state index < -0.39 is 0 Å². The van der Waals surface area contributed by atoms with Gasteiger partial charge in [-0.25, -0.2) is 0 Å². The van der Waals surface area contributed by atoms with E-state index in [4.69, 9.17) is 27.9 Å². The molecule has 2 aliphatic heterocycles. The van der Waals surface area contributed by atoms with Crippen molar-refractivity contribution >= 4 is 46.7 Å². The van der Waals surface area contributed by atoms with Crippen molar-refractivity contribution in [3.63, 3.8) is 0 Å². The summed E-state index contributed by atoms with van der Waals surface area (Å²) in [5, 5.41) is 6.56. The predicted octanol–water partition coefficient (Wildman–Crippen LogP) is 4.73. The van der Waals surface area contributed by atoms with Crippen LogP contribution in [0.3, 0.4) is 0 Å². The molecule has 0 aromatic heterocycles. The van der Waals surface area contributed by atoms with E-state index >= 15 is 0 Å². The van der Waals surface area contributed by atoms with Crippen molar-refractivity contribution in [3.05, 3.63) is 41.5 Å². The van der Waals surface area contributed by atoms with Crippen LogP contribution in [0.25, 0.3) is 0 Å². The van der Waals surface area contributed by atoms with Gasteiger partial charge < -0.3 is 20.3 Å². The molecule has 40 heavy (non-hydrogen) atoms. The van der Waals surface area contributed by atoms with Gasteiger partial charge in [0, 0.05) is 67.0 Å². The highest BCUT2D eigenvalue weighted by molar-refractivity contribution is 6.18. The molecule has 0 bridgehead atoms. The van der Waals surface area contributed by atoms with Gasteiger partial charge in [0.2, 0.25) is 11.8 Å². The number of fused-ring (bicyclic) bond motifs is 5. The second kappa shape index (κ2) is 11.9. The number of alkyl halides is 2. The number of carbonyl (C=O) groups excluding carboxylic acids is 3. The summed E-state index contributed by atoms with van der Waals surface area (Å²) < 4.78 is 5.97. The van der Waals surface area contributed by atoms with Gasteiger partial charge in [0.25, 0.3) is 0 Å². The lowest BCUT2D eigenvalue weighted by molar-refractivity contribution is -0.150. The Morgan fingerprint density at radius 3 is 2.45 bits per heavy atom. The van der Waals surface area contributed by atoms with Gasteiger partial charge in [-0.3, -0.25) is 14.4 Å². The Morgan fingerprint density at radius 2 is 1.75 bits per heavy atom. The molecule has 2 aliphatic carbocycles. The molecule has 1 aromatic rings. The molecule has 218 valence electrons. The molecule has 7 nitrogen and oxygen atoms in total. The summed E-state index contributed by atoms with van der Waals surface area (Å²) in [6.07, 6.45) is 7.14. The summed E-state index contributed by atoms with van der Waals surface area (Å²) in [5.41, 5.74) is 2.60. The number of rotatable bonds is 8. The van der Waals surface area contributed by atoms with E-state index in [0.29, 0.717) is 43.6 Å². The van der Waals surface area contributed by atoms with Crippen LogP contribution in [0, 0.1) is 17.3 Å². The minimum Gasteiger partial charge on any atom is -0.462 e. The third-order valence-electron chi connectivity index (χ3n) is 10.0. The molecule has 2 N–H and O–H groups in total. The van der Waals surface area contributed by atoms with Crippen LogP contribution >= 0.6 is 23.2 Å². The van der Waals surface area contributed by atoms with Crippen LogP contribution in [0.2, 0.25) is 0 Å². The summed E-state index contributed by atoms with van der Waals surface area (Å²) in [4.78, 5) is 40.3. The molecule has 1 saturated heterocycles. The summed E-state index contributed by atoms with van der Waals surface area (Å²) in [6.45, 7) is 5.85. The van der Waals surface area contributed by atoms with Gasteiger partial charge in [-0.2, -0.15) is 0 Å². The average molecular weight is 591 g/mol. The SMILES string of the molecule is C[C@]12CC[C@H](OC(=O)Cc3ccc(N(CCCl)CCCl)cc3)CC1=CC(=O)N[C@@H]1[C@@H]2CC[C@]2(C)NC(=O)CC[C@@H]12. The molecule has 4 aliphatic rings. The average Bonchev–Trinajstić information content (AvgIpc) is 3.01. The van der Waals surface area contributed by atoms with Crippen molar-refractivity contribution in [3.8, 4) is 0 Å². The molecule has 1 aromatic carbocycles. The fourth-order valence-electron chi connectivity index (χ4n) is 7.84. The lowest BCUT2D eigenvalue weighted by atomic mass is 9.53. The Bertz CT molecular complexity index is 1150. The highest BCUT2D eigenvalue weighted by Gasteiger charge is 2.56. The van der Waals surface area contributed by atoms with Gasteiger partial charge in [0.1, 0.15) is 6.10 Å². The Morgan fingerprint density at radius 1 is 1.02 bits per heavy atom. The number of nitrogens with zero attached hydrogens (tertiary/aromatic N) is 1. The highest BCUT2D eigenvalue weighted by atomic mass is 35.5. The molecular formula is C31H41Cl2N3O4. The summed E-state index contributed by atoms with van der Waals surface area (Å²) >= 11 is 11.9. The van der Waals surface area contributed by atoms with Crippen LogP contribution in [0.15, 0.2) is 35.9 Å². The van der Waals surface area contributed by atoms with Crippen molar-refractivity contribution in [1.82, 2.24) is 10.6 Å². The first-order chi connectivity index (χ1) is 19.1. The molecule has 2 amide bonds. The quantitative estimate of drug-likeness (QED) is 0.338. The minimum absolute atomic E-state index is 0.0254. The number of esters is 1. The Balaban J connectivity index is 1.22. The number of carbonyl (C=O) groups is 3. The molecule has 3 fully saturated rings. The smallest absolute Gasteiger partial charge is 0.310 e. The van der Waals surface area contributed by atoms with Crippen molar-refractivity contribution in [1.29, 1.82) is 0 Å². The first kappa shape index (κ1) is 29.2. The lowest BCUT2D eigenvalue weighted by Gasteiger charge is -2.56. The molecule has 2 heterocycles. The number of piperidine rings is 1. The predicted molar refractivity (Wildman–Crippen MR) is 158 cm³/mol. The highest BCUT2D eigenvalue weighted by Crippen LogP contribution is 2.56. The topological polar surface area (TPSA) is 87.7 Å². The van der Waals surface area contributed by atoms with E-state index in [9.17, 15) is 14.4 Å². The van der Waals surface area contributed by atoms with Gasteiger partial charge in [0.15, 0.2) is 0 Å². The molecular weight excluding hydrogens is 549 g/mol. The van der Waals surface area contributed by atoms with Crippen molar-refractivity contribution in [2.24, 2.45) is 17.3 Å². The monoisotopic (exact) mass is 589 g/mol. The molecule has 0 radical (unpaired) electrons. The van der Waals surface area contributed by atoms with Crippen molar-refractivity contribution < 1.29 is 19.1 Å². The largest absolute Gasteiger partial charge is 0.462 e. The van der Waals surface area contributed by atoms with E-state index in [0.717, 1.165) is 48.9 Å². The van der Waals surface area contributed by atoms with Crippen LogP contribution in [-0.2, 0) is 25.5 Å².